The van der Waals surface area contributed by atoms with Gasteiger partial charge in [0.25, 0.3) is 0 Å². The Morgan fingerprint density at radius 2 is 2.22 bits per heavy atom. The minimum atomic E-state index is -0.0701. The van der Waals surface area contributed by atoms with E-state index in [0.717, 1.165) is 46.2 Å². The van der Waals surface area contributed by atoms with Crippen LogP contribution in [0.25, 0.3) is 10.2 Å². The van der Waals surface area contributed by atoms with E-state index in [0.29, 0.717) is 11.6 Å². The normalized spacial score (nSPS) is 17.1. The lowest BCUT2D eigenvalue weighted by Crippen LogP contribution is -2.40. The summed E-state index contributed by atoms with van der Waals surface area (Å²) in [6, 6.07) is 13.1. The molecule has 1 saturated heterocycles. The van der Waals surface area contributed by atoms with E-state index in [9.17, 15) is 4.79 Å². The van der Waals surface area contributed by atoms with E-state index in [1.54, 1.807) is 30.6 Å². The van der Waals surface area contributed by atoms with E-state index in [1.807, 2.05) is 30.3 Å². The predicted octanol–water partition coefficient (Wildman–Crippen LogP) is 4.81. The van der Waals surface area contributed by atoms with Crippen molar-refractivity contribution in [1.82, 2.24) is 4.98 Å². The zero-order valence-electron chi connectivity index (χ0n) is 14.9. The SMILES string of the molecule is COc1ccc2nc(N3CCCC(C(=O)Nc4cccc(Cl)c4)C3)sc2c1. The average Bonchev–Trinajstić information content (AvgIpc) is 3.11. The van der Waals surface area contributed by atoms with Gasteiger partial charge >= 0.3 is 0 Å². The third kappa shape index (κ3) is 4.01. The number of aromatic nitrogens is 1. The van der Waals surface area contributed by atoms with Crippen molar-refractivity contribution in [2.45, 2.75) is 12.8 Å². The first-order valence-electron chi connectivity index (χ1n) is 8.88. The fourth-order valence-corrected chi connectivity index (χ4v) is 4.55. The van der Waals surface area contributed by atoms with Crippen LogP contribution in [-0.4, -0.2) is 31.1 Å². The first-order valence-corrected chi connectivity index (χ1v) is 10.1. The number of rotatable bonds is 4. The molecule has 7 heteroatoms. The maximum atomic E-state index is 12.7. The van der Waals surface area contributed by atoms with Crippen molar-refractivity contribution in [3.63, 3.8) is 0 Å². The number of carbonyl (C=O) groups is 1. The lowest BCUT2D eigenvalue weighted by molar-refractivity contribution is -0.120. The summed E-state index contributed by atoms with van der Waals surface area (Å²) >= 11 is 7.64. The number of carbonyl (C=O) groups excluding carboxylic acids is 1. The number of amides is 1. The van der Waals surface area contributed by atoms with Gasteiger partial charge in [0.05, 0.1) is 23.2 Å². The minimum Gasteiger partial charge on any atom is -0.497 e. The fraction of sp³-hybridized carbons (Fsp3) is 0.300. The number of nitrogens with one attached hydrogen (secondary N) is 1. The van der Waals surface area contributed by atoms with Gasteiger partial charge in [0, 0.05) is 23.8 Å². The Balaban J connectivity index is 1.48. The van der Waals surface area contributed by atoms with Gasteiger partial charge < -0.3 is 15.0 Å². The number of ether oxygens (including phenoxy) is 1. The second-order valence-electron chi connectivity index (χ2n) is 6.61. The summed E-state index contributed by atoms with van der Waals surface area (Å²) in [7, 11) is 1.66. The summed E-state index contributed by atoms with van der Waals surface area (Å²) in [6.45, 7) is 1.58. The summed E-state index contributed by atoms with van der Waals surface area (Å²) < 4.78 is 6.39. The number of methoxy groups -OCH3 is 1. The molecule has 3 aromatic rings. The molecule has 140 valence electrons. The van der Waals surface area contributed by atoms with Gasteiger partial charge in [-0.1, -0.05) is 29.0 Å². The van der Waals surface area contributed by atoms with Crippen LogP contribution in [0.15, 0.2) is 42.5 Å². The molecular weight excluding hydrogens is 382 g/mol. The zero-order valence-corrected chi connectivity index (χ0v) is 16.5. The molecule has 0 radical (unpaired) electrons. The molecule has 4 rings (SSSR count). The van der Waals surface area contributed by atoms with Crippen LogP contribution >= 0.6 is 22.9 Å². The quantitative estimate of drug-likeness (QED) is 0.681. The molecule has 0 saturated carbocycles. The standard InChI is InChI=1S/C20H20ClN3O2S/c1-26-16-7-8-17-18(11-16)27-20(23-17)24-9-3-4-13(12-24)19(25)22-15-6-2-5-14(21)10-15/h2,5-8,10-11,13H,3-4,9,12H2,1H3,(H,22,25). The van der Waals surface area contributed by atoms with Crippen LogP contribution in [0, 0.1) is 5.92 Å². The Bertz CT molecular complexity index is 975. The highest BCUT2D eigenvalue weighted by Gasteiger charge is 2.27. The van der Waals surface area contributed by atoms with Crippen LogP contribution in [-0.2, 0) is 4.79 Å². The van der Waals surface area contributed by atoms with Gasteiger partial charge in [-0.3, -0.25) is 4.79 Å². The molecule has 1 N–H and O–H groups in total. The average molecular weight is 402 g/mol. The Hall–Kier alpha value is -2.31. The molecule has 0 bridgehead atoms. The summed E-state index contributed by atoms with van der Waals surface area (Å²) in [4.78, 5) is 19.6. The van der Waals surface area contributed by atoms with Gasteiger partial charge in [0.1, 0.15) is 5.75 Å². The van der Waals surface area contributed by atoms with Gasteiger partial charge in [-0.25, -0.2) is 4.98 Å². The first kappa shape index (κ1) is 18.1. The molecule has 1 atom stereocenters. The van der Waals surface area contributed by atoms with E-state index < -0.39 is 0 Å². The molecule has 0 aliphatic carbocycles. The number of piperidine rings is 1. The van der Waals surface area contributed by atoms with Gasteiger partial charge in [-0.2, -0.15) is 0 Å². The molecule has 2 heterocycles. The Morgan fingerprint density at radius 1 is 1.33 bits per heavy atom. The number of hydrogen-bond donors (Lipinski definition) is 1. The zero-order chi connectivity index (χ0) is 18.8. The Kier molecular flexibility index (Phi) is 5.18. The maximum Gasteiger partial charge on any atom is 0.229 e. The number of hydrogen-bond acceptors (Lipinski definition) is 5. The van der Waals surface area contributed by atoms with Crippen molar-refractivity contribution in [2.75, 3.05) is 30.4 Å². The second-order valence-corrected chi connectivity index (χ2v) is 8.06. The molecule has 1 aliphatic rings. The van der Waals surface area contributed by atoms with E-state index in [1.165, 1.54) is 0 Å². The highest BCUT2D eigenvalue weighted by molar-refractivity contribution is 7.22. The van der Waals surface area contributed by atoms with Crippen molar-refractivity contribution in [1.29, 1.82) is 0 Å². The number of nitrogens with zero attached hydrogens (tertiary/aromatic N) is 2. The van der Waals surface area contributed by atoms with Crippen molar-refractivity contribution in [2.24, 2.45) is 5.92 Å². The third-order valence-corrected chi connectivity index (χ3v) is 6.05. The summed E-state index contributed by atoms with van der Waals surface area (Å²) in [5.41, 5.74) is 1.69. The number of halogens is 1. The van der Waals surface area contributed by atoms with Crippen LogP contribution in [0.3, 0.4) is 0 Å². The molecule has 27 heavy (non-hydrogen) atoms. The largest absolute Gasteiger partial charge is 0.497 e. The first-order chi connectivity index (χ1) is 13.1. The topological polar surface area (TPSA) is 54.5 Å². The van der Waals surface area contributed by atoms with Gasteiger partial charge in [-0.05, 0) is 49.2 Å². The molecular formula is C20H20ClN3O2S. The Morgan fingerprint density at radius 3 is 3.04 bits per heavy atom. The molecule has 1 unspecified atom stereocenters. The summed E-state index contributed by atoms with van der Waals surface area (Å²) in [6.07, 6.45) is 1.84. The van der Waals surface area contributed by atoms with E-state index >= 15 is 0 Å². The number of benzene rings is 2. The van der Waals surface area contributed by atoms with Crippen molar-refractivity contribution in [3.8, 4) is 5.75 Å². The van der Waals surface area contributed by atoms with Crippen molar-refractivity contribution >= 4 is 49.9 Å². The van der Waals surface area contributed by atoms with Gasteiger partial charge in [-0.15, -0.1) is 0 Å². The smallest absolute Gasteiger partial charge is 0.229 e. The minimum absolute atomic E-state index is 0.0322. The Labute approximate surface area is 166 Å². The molecule has 0 spiro atoms. The predicted molar refractivity (Wildman–Crippen MR) is 111 cm³/mol. The lowest BCUT2D eigenvalue weighted by Gasteiger charge is -2.31. The molecule has 1 aliphatic heterocycles. The molecule has 2 aromatic carbocycles. The van der Waals surface area contributed by atoms with Gasteiger partial charge in [0.2, 0.25) is 5.91 Å². The van der Waals surface area contributed by atoms with E-state index in [-0.39, 0.29) is 11.8 Å². The monoisotopic (exact) mass is 401 g/mol. The van der Waals surface area contributed by atoms with Crippen LogP contribution in [0.2, 0.25) is 5.02 Å². The number of fused-ring (bicyclic) bond motifs is 1. The van der Waals surface area contributed by atoms with Crippen LogP contribution in [0.4, 0.5) is 10.8 Å². The second kappa shape index (κ2) is 7.74. The lowest BCUT2D eigenvalue weighted by atomic mass is 9.97. The number of thiazole rings is 1. The van der Waals surface area contributed by atoms with Crippen LogP contribution in [0.5, 0.6) is 5.75 Å². The van der Waals surface area contributed by atoms with E-state index in [4.69, 9.17) is 21.3 Å². The maximum absolute atomic E-state index is 12.7. The molecule has 5 nitrogen and oxygen atoms in total. The van der Waals surface area contributed by atoms with Crippen LogP contribution in [0.1, 0.15) is 12.8 Å². The third-order valence-electron chi connectivity index (χ3n) is 4.74. The summed E-state index contributed by atoms with van der Waals surface area (Å²) in [5.74, 6) is 0.791. The fourth-order valence-electron chi connectivity index (χ4n) is 3.33. The van der Waals surface area contributed by atoms with Crippen molar-refractivity contribution in [3.05, 3.63) is 47.5 Å². The van der Waals surface area contributed by atoms with Crippen LogP contribution < -0.4 is 15.0 Å². The highest BCUT2D eigenvalue weighted by atomic mass is 35.5. The van der Waals surface area contributed by atoms with E-state index in [2.05, 4.69) is 10.2 Å². The summed E-state index contributed by atoms with van der Waals surface area (Å²) in [5, 5.41) is 4.55. The van der Waals surface area contributed by atoms with Gasteiger partial charge in [0.15, 0.2) is 5.13 Å². The number of anilines is 2. The molecule has 1 fully saturated rings. The van der Waals surface area contributed by atoms with Crippen molar-refractivity contribution < 1.29 is 9.53 Å². The molecule has 1 aromatic heterocycles. The molecule has 1 amide bonds. The highest BCUT2D eigenvalue weighted by Crippen LogP contribution is 2.33.